The summed E-state index contributed by atoms with van der Waals surface area (Å²) in [4.78, 5) is 10.6. The molecule has 0 heterocycles. The van der Waals surface area contributed by atoms with Gasteiger partial charge in [-0.15, -0.1) is 23.2 Å². The van der Waals surface area contributed by atoms with Crippen LogP contribution in [0.4, 0.5) is 17.6 Å². The normalized spacial score (nSPS) is 24.9. The lowest BCUT2D eigenvalue weighted by Crippen LogP contribution is -2.29. The van der Waals surface area contributed by atoms with Crippen molar-refractivity contribution in [3.05, 3.63) is 46.5 Å². The summed E-state index contributed by atoms with van der Waals surface area (Å²) in [5, 5.41) is 9.50. The molecule has 120 valence electrons. The first kappa shape index (κ1) is 17.1. The highest BCUT2D eigenvalue weighted by Crippen LogP contribution is 2.70. The predicted molar refractivity (Wildman–Crippen MR) is 72.9 cm³/mol. The van der Waals surface area contributed by atoms with Gasteiger partial charge < -0.3 is 5.11 Å². The highest BCUT2D eigenvalue weighted by molar-refractivity contribution is 6.45. The van der Waals surface area contributed by atoms with Crippen LogP contribution < -0.4 is 0 Å². The van der Waals surface area contributed by atoms with E-state index in [2.05, 4.69) is 0 Å². The number of carboxylic acid groups (broad SMARTS) is 1. The third-order valence-electron chi connectivity index (χ3n) is 4.05. The van der Waals surface area contributed by atoms with E-state index in [1.165, 1.54) is 13.8 Å². The summed E-state index contributed by atoms with van der Waals surface area (Å²) in [5.74, 6) is -8.51. The topological polar surface area (TPSA) is 37.3 Å². The van der Waals surface area contributed by atoms with Crippen LogP contribution in [0.3, 0.4) is 0 Å². The van der Waals surface area contributed by atoms with Gasteiger partial charge in [-0.25, -0.2) is 17.6 Å². The van der Waals surface area contributed by atoms with Gasteiger partial charge in [0.2, 0.25) is 0 Å². The van der Waals surface area contributed by atoms with Crippen molar-refractivity contribution in [2.75, 3.05) is 0 Å². The smallest absolute Gasteiger partial charge is 0.319 e. The lowest BCUT2D eigenvalue weighted by atomic mass is 9.86. The van der Waals surface area contributed by atoms with Gasteiger partial charge in [-0.3, -0.25) is 4.79 Å². The Labute approximate surface area is 133 Å². The van der Waals surface area contributed by atoms with E-state index in [1.54, 1.807) is 0 Å². The summed E-state index contributed by atoms with van der Waals surface area (Å²) in [6.45, 7) is 2.73. The summed E-state index contributed by atoms with van der Waals surface area (Å²) < 4.78 is 55.0. The Kier molecular flexibility index (Phi) is 3.99. The van der Waals surface area contributed by atoms with Crippen molar-refractivity contribution in [1.29, 1.82) is 0 Å². The van der Waals surface area contributed by atoms with Crippen LogP contribution >= 0.6 is 23.2 Å². The van der Waals surface area contributed by atoms with Gasteiger partial charge in [0.05, 0.1) is 5.56 Å². The van der Waals surface area contributed by atoms with Gasteiger partial charge in [0.25, 0.3) is 0 Å². The molecular formula is C14H10Cl2F4O2. The highest BCUT2D eigenvalue weighted by Gasteiger charge is 2.75. The minimum atomic E-state index is -2.27. The van der Waals surface area contributed by atoms with E-state index in [0.717, 1.165) is 6.08 Å². The van der Waals surface area contributed by atoms with E-state index in [9.17, 15) is 27.5 Å². The van der Waals surface area contributed by atoms with Crippen molar-refractivity contribution in [1.82, 2.24) is 0 Å². The minimum Gasteiger partial charge on any atom is -0.480 e. The van der Waals surface area contributed by atoms with Gasteiger partial charge in [0.1, 0.15) is 10.3 Å². The van der Waals surface area contributed by atoms with E-state index in [0.29, 0.717) is 0 Å². The molecule has 1 aromatic rings. The molecule has 1 aromatic carbocycles. The molecule has 1 saturated carbocycles. The average Bonchev–Trinajstić information content (AvgIpc) is 2.84. The number of benzene rings is 1. The Hall–Kier alpha value is -1.27. The molecule has 0 bridgehead atoms. The van der Waals surface area contributed by atoms with Crippen LogP contribution in [0.1, 0.15) is 19.4 Å². The number of hydrogen-bond acceptors (Lipinski definition) is 1. The first-order chi connectivity index (χ1) is 9.99. The molecule has 0 radical (unpaired) electrons. The molecule has 0 spiro atoms. The van der Waals surface area contributed by atoms with Crippen molar-refractivity contribution in [2.45, 2.75) is 24.1 Å². The van der Waals surface area contributed by atoms with Crippen LogP contribution in [0, 0.1) is 28.7 Å². The first-order valence-corrected chi connectivity index (χ1v) is 6.94. The number of carbonyl (C=O) groups is 1. The molecule has 1 atom stereocenters. The molecule has 1 aliphatic rings. The zero-order valence-electron chi connectivity index (χ0n) is 11.4. The molecular weight excluding hydrogens is 347 g/mol. The number of carboxylic acids is 1. The third kappa shape index (κ3) is 2.04. The number of hydrogen-bond donors (Lipinski definition) is 1. The molecule has 0 amide bonds. The number of rotatable bonds is 3. The predicted octanol–water partition coefficient (Wildman–Crippen LogP) is 4.34. The Bertz CT molecular complexity index is 674. The standard InChI is InChI=1S/C14H10Cl2F4O2/c1-13(2)7(4-8(15)16)14(13,12(21)22)9-10(19)5(17)3-6(18)11(9)20/h3-4,8H,1-2H3,(H,21,22)/b7-4+/t14-/m0/s1. The van der Waals surface area contributed by atoms with Gasteiger partial charge in [0.15, 0.2) is 23.3 Å². The van der Waals surface area contributed by atoms with Crippen LogP contribution in [0.2, 0.25) is 0 Å². The Balaban J connectivity index is 2.86. The molecule has 2 rings (SSSR count). The average molecular weight is 357 g/mol. The van der Waals surface area contributed by atoms with E-state index >= 15 is 0 Å². The maximum atomic E-state index is 14.1. The van der Waals surface area contributed by atoms with Crippen molar-refractivity contribution in [3.8, 4) is 0 Å². The molecule has 22 heavy (non-hydrogen) atoms. The number of halogens is 6. The van der Waals surface area contributed by atoms with Crippen LogP contribution in [-0.4, -0.2) is 15.9 Å². The van der Waals surface area contributed by atoms with Crippen molar-refractivity contribution < 1.29 is 27.5 Å². The van der Waals surface area contributed by atoms with Gasteiger partial charge in [0, 0.05) is 11.5 Å². The quantitative estimate of drug-likeness (QED) is 0.378. The van der Waals surface area contributed by atoms with Gasteiger partial charge in [-0.1, -0.05) is 19.9 Å². The Morgan fingerprint density at radius 3 is 2.00 bits per heavy atom. The molecule has 0 unspecified atom stereocenters. The van der Waals surface area contributed by atoms with E-state index < -0.39 is 50.5 Å². The summed E-state index contributed by atoms with van der Waals surface area (Å²) in [5.41, 5.74) is -4.80. The number of aliphatic carboxylic acids is 1. The van der Waals surface area contributed by atoms with E-state index in [1.807, 2.05) is 0 Å². The largest absolute Gasteiger partial charge is 0.480 e. The summed E-state index contributed by atoms with van der Waals surface area (Å²) >= 11 is 11.1. The molecule has 0 aliphatic heterocycles. The monoisotopic (exact) mass is 356 g/mol. The molecule has 1 fully saturated rings. The SMILES string of the molecule is CC1(C)/C(=C\C(Cl)Cl)[C@@]1(C(=O)O)c1c(F)c(F)cc(F)c1F. The fourth-order valence-electron chi connectivity index (χ4n) is 2.99. The van der Waals surface area contributed by atoms with Crippen molar-refractivity contribution >= 4 is 29.2 Å². The van der Waals surface area contributed by atoms with Gasteiger partial charge >= 0.3 is 5.97 Å². The molecule has 0 aromatic heterocycles. The fourth-order valence-corrected chi connectivity index (χ4v) is 3.24. The lowest BCUT2D eigenvalue weighted by Gasteiger charge is -2.17. The highest BCUT2D eigenvalue weighted by atomic mass is 35.5. The maximum Gasteiger partial charge on any atom is 0.319 e. The first-order valence-electron chi connectivity index (χ1n) is 6.07. The van der Waals surface area contributed by atoms with Crippen molar-refractivity contribution in [3.63, 3.8) is 0 Å². The van der Waals surface area contributed by atoms with Crippen LogP contribution in [0.25, 0.3) is 0 Å². The molecule has 2 nitrogen and oxygen atoms in total. The van der Waals surface area contributed by atoms with E-state index in [-0.39, 0.29) is 11.6 Å². The number of allylic oxidation sites excluding steroid dienone is 1. The fraction of sp³-hybridized carbons (Fsp3) is 0.357. The summed E-state index contributed by atoms with van der Waals surface area (Å²) in [7, 11) is 0. The molecule has 0 saturated heterocycles. The summed E-state index contributed by atoms with van der Waals surface area (Å²) in [6.07, 6.45) is 1.10. The maximum absolute atomic E-state index is 14.1. The Morgan fingerprint density at radius 1 is 1.18 bits per heavy atom. The van der Waals surface area contributed by atoms with Crippen molar-refractivity contribution in [2.24, 2.45) is 5.41 Å². The third-order valence-corrected chi connectivity index (χ3v) is 4.30. The van der Waals surface area contributed by atoms with Crippen LogP contribution in [0.5, 0.6) is 0 Å². The second kappa shape index (κ2) is 5.13. The second-order valence-corrected chi connectivity index (χ2v) is 6.60. The zero-order valence-corrected chi connectivity index (χ0v) is 12.9. The molecule has 8 heteroatoms. The minimum absolute atomic E-state index is 0.0222. The Morgan fingerprint density at radius 2 is 1.64 bits per heavy atom. The van der Waals surface area contributed by atoms with Crippen LogP contribution in [0.15, 0.2) is 17.7 Å². The van der Waals surface area contributed by atoms with Crippen LogP contribution in [-0.2, 0) is 10.2 Å². The van der Waals surface area contributed by atoms with Gasteiger partial charge in [-0.2, -0.15) is 0 Å². The number of alkyl halides is 2. The molecule has 1 N–H and O–H groups in total. The zero-order chi connectivity index (χ0) is 17.0. The molecule has 1 aliphatic carbocycles. The van der Waals surface area contributed by atoms with Gasteiger partial charge in [-0.05, 0) is 5.57 Å². The van der Waals surface area contributed by atoms with E-state index in [4.69, 9.17) is 23.2 Å². The lowest BCUT2D eigenvalue weighted by molar-refractivity contribution is -0.140. The summed E-state index contributed by atoms with van der Waals surface area (Å²) in [6, 6.07) is 0.0222. The second-order valence-electron chi connectivity index (χ2n) is 5.44.